The summed E-state index contributed by atoms with van der Waals surface area (Å²) in [5, 5.41) is 9.16. The lowest BCUT2D eigenvalue weighted by molar-refractivity contribution is 0.0699. The van der Waals surface area contributed by atoms with Gasteiger partial charge in [0.05, 0.1) is 11.1 Å². The van der Waals surface area contributed by atoms with Crippen LogP contribution in [-0.2, 0) is 12.8 Å². The first-order chi connectivity index (χ1) is 10.2. The van der Waals surface area contributed by atoms with Gasteiger partial charge < -0.3 is 10.1 Å². The molecule has 106 valence electrons. The Hall–Kier alpha value is -2.62. The van der Waals surface area contributed by atoms with Crippen molar-refractivity contribution in [2.75, 3.05) is 0 Å². The molecule has 3 aromatic rings. The molecule has 1 aromatic heterocycles. The number of carboxylic acids is 1. The van der Waals surface area contributed by atoms with E-state index in [9.17, 15) is 4.79 Å². The number of rotatable bonds is 5. The Morgan fingerprint density at radius 2 is 1.86 bits per heavy atom. The van der Waals surface area contributed by atoms with Gasteiger partial charge in [-0.05, 0) is 30.5 Å². The van der Waals surface area contributed by atoms with Crippen LogP contribution < -0.4 is 0 Å². The third kappa shape index (κ3) is 2.94. The summed E-state index contributed by atoms with van der Waals surface area (Å²) in [6, 6.07) is 15.5. The van der Waals surface area contributed by atoms with Gasteiger partial charge in [0, 0.05) is 6.42 Å². The molecule has 0 spiro atoms. The van der Waals surface area contributed by atoms with Crippen molar-refractivity contribution >= 4 is 17.0 Å². The second-order valence-corrected chi connectivity index (χ2v) is 5.03. The molecule has 0 atom stereocenters. The summed E-state index contributed by atoms with van der Waals surface area (Å²) in [6.45, 7) is 0. The molecule has 0 unspecified atom stereocenters. The van der Waals surface area contributed by atoms with Gasteiger partial charge in [0.25, 0.3) is 0 Å². The van der Waals surface area contributed by atoms with Crippen molar-refractivity contribution < 1.29 is 9.90 Å². The number of H-pyrrole nitrogens is 1. The average molecular weight is 280 g/mol. The summed E-state index contributed by atoms with van der Waals surface area (Å²) < 4.78 is 0. The molecule has 2 aromatic carbocycles. The fraction of sp³-hybridized carbons (Fsp3) is 0.176. The minimum Gasteiger partial charge on any atom is -0.478 e. The summed E-state index contributed by atoms with van der Waals surface area (Å²) in [7, 11) is 0. The average Bonchev–Trinajstić information content (AvgIpc) is 2.90. The number of aromatic amines is 1. The van der Waals surface area contributed by atoms with Crippen molar-refractivity contribution in [1.29, 1.82) is 0 Å². The Bertz CT molecular complexity index is 763. The van der Waals surface area contributed by atoms with Gasteiger partial charge in [-0.2, -0.15) is 0 Å². The van der Waals surface area contributed by atoms with Crippen LogP contribution in [0.25, 0.3) is 11.0 Å². The van der Waals surface area contributed by atoms with E-state index in [4.69, 9.17) is 5.11 Å². The van der Waals surface area contributed by atoms with Crippen LogP contribution in [0.3, 0.4) is 0 Å². The molecule has 0 bridgehead atoms. The lowest BCUT2D eigenvalue weighted by Gasteiger charge is -1.99. The lowest BCUT2D eigenvalue weighted by Crippen LogP contribution is -1.97. The number of aromatic nitrogens is 2. The maximum Gasteiger partial charge on any atom is 0.337 e. The zero-order valence-corrected chi connectivity index (χ0v) is 11.5. The molecule has 21 heavy (non-hydrogen) atoms. The number of imidazole rings is 1. The van der Waals surface area contributed by atoms with Crippen molar-refractivity contribution in [2.45, 2.75) is 19.3 Å². The number of carbonyl (C=O) groups is 1. The molecule has 1 heterocycles. The molecule has 0 fully saturated rings. The fourth-order valence-corrected chi connectivity index (χ4v) is 2.48. The molecule has 0 aliphatic heterocycles. The van der Waals surface area contributed by atoms with E-state index in [1.165, 1.54) is 5.56 Å². The standard InChI is InChI=1S/C17H16N2O2/c20-17(21)13-9-5-10-14-16(13)19-15(18-14)11-4-8-12-6-2-1-3-7-12/h1-3,5-7,9-10H,4,8,11H2,(H,18,19)(H,20,21). The largest absolute Gasteiger partial charge is 0.478 e. The van der Waals surface area contributed by atoms with E-state index in [0.717, 1.165) is 30.6 Å². The Morgan fingerprint density at radius 3 is 2.62 bits per heavy atom. The molecule has 3 rings (SSSR count). The highest BCUT2D eigenvalue weighted by Crippen LogP contribution is 2.17. The maximum absolute atomic E-state index is 11.2. The van der Waals surface area contributed by atoms with Crippen molar-refractivity contribution in [1.82, 2.24) is 9.97 Å². The number of fused-ring (bicyclic) bond motifs is 1. The maximum atomic E-state index is 11.2. The van der Waals surface area contributed by atoms with Crippen LogP contribution in [0, 0.1) is 0 Å². The van der Waals surface area contributed by atoms with Gasteiger partial charge in [0.1, 0.15) is 11.3 Å². The highest BCUT2D eigenvalue weighted by Gasteiger charge is 2.12. The first-order valence-electron chi connectivity index (χ1n) is 6.99. The van der Waals surface area contributed by atoms with Crippen LogP contribution in [0.1, 0.15) is 28.2 Å². The number of hydrogen-bond donors (Lipinski definition) is 2. The lowest BCUT2D eigenvalue weighted by atomic mass is 10.1. The SMILES string of the molecule is O=C(O)c1cccc2[nH]c(CCCc3ccccc3)nc12. The normalized spacial score (nSPS) is 10.9. The van der Waals surface area contributed by atoms with E-state index in [1.807, 2.05) is 24.3 Å². The van der Waals surface area contributed by atoms with Crippen LogP contribution in [0.4, 0.5) is 0 Å². The molecular weight excluding hydrogens is 264 g/mol. The zero-order valence-electron chi connectivity index (χ0n) is 11.5. The summed E-state index contributed by atoms with van der Waals surface area (Å²) in [5.74, 6) is -0.0995. The third-order valence-corrected chi connectivity index (χ3v) is 3.51. The molecule has 0 aliphatic carbocycles. The Kier molecular flexibility index (Phi) is 3.69. The van der Waals surface area contributed by atoms with E-state index in [1.54, 1.807) is 12.1 Å². The smallest absolute Gasteiger partial charge is 0.337 e. The highest BCUT2D eigenvalue weighted by atomic mass is 16.4. The monoisotopic (exact) mass is 280 g/mol. The van der Waals surface area contributed by atoms with Gasteiger partial charge in [-0.15, -0.1) is 0 Å². The molecule has 0 saturated carbocycles. The minimum atomic E-state index is -0.942. The van der Waals surface area contributed by atoms with Gasteiger partial charge in [-0.3, -0.25) is 0 Å². The van der Waals surface area contributed by atoms with Crippen LogP contribution >= 0.6 is 0 Å². The van der Waals surface area contributed by atoms with Crippen molar-refractivity contribution in [3.63, 3.8) is 0 Å². The third-order valence-electron chi connectivity index (χ3n) is 3.51. The predicted octanol–water partition coefficient (Wildman–Crippen LogP) is 3.44. The quantitative estimate of drug-likeness (QED) is 0.752. The second kappa shape index (κ2) is 5.79. The topological polar surface area (TPSA) is 66.0 Å². The van der Waals surface area contributed by atoms with Gasteiger partial charge in [0.2, 0.25) is 0 Å². The van der Waals surface area contributed by atoms with E-state index in [2.05, 4.69) is 22.1 Å². The van der Waals surface area contributed by atoms with Crippen molar-refractivity contribution in [3.8, 4) is 0 Å². The molecule has 0 aliphatic rings. The number of hydrogen-bond acceptors (Lipinski definition) is 2. The van der Waals surface area contributed by atoms with E-state index in [-0.39, 0.29) is 5.56 Å². The molecule has 0 amide bonds. The van der Waals surface area contributed by atoms with E-state index < -0.39 is 5.97 Å². The first kappa shape index (κ1) is 13.4. The zero-order chi connectivity index (χ0) is 14.7. The summed E-state index contributed by atoms with van der Waals surface area (Å²) >= 11 is 0. The number of aryl methyl sites for hydroxylation is 2. The van der Waals surface area contributed by atoms with Crippen molar-refractivity contribution in [3.05, 3.63) is 65.5 Å². The summed E-state index contributed by atoms with van der Waals surface area (Å²) in [5.41, 5.74) is 2.88. The molecular formula is C17H16N2O2. The number of nitrogens with zero attached hydrogens (tertiary/aromatic N) is 1. The van der Waals surface area contributed by atoms with E-state index in [0.29, 0.717) is 5.52 Å². The van der Waals surface area contributed by atoms with Gasteiger partial charge >= 0.3 is 5.97 Å². The molecule has 0 saturated heterocycles. The second-order valence-electron chi connectivity index (χ2n) is 5.03. The number of benzene rings is 2. The number of aromatic carboxylic acids is 1. The minimum absolute atomic E-state index is 0.248. The van der Waals surface area contributed by atoms with Crippen LogP contribution in [-0.4, -0.2) is 21.0 Å². The van der Waals surface area contributed by atoms with Crippen molar-refractivity contribution in [2.24, 2.45) is 0 Å². The van der Waals surface area contributed by atoms with Gasteiger partial charge in [0.15, 0.2) is 0 Å². The number of nitrogens with one attached hydrogen (secondary N) is 1. The Labute approximate surface area is 122 Å². The van der Waals surface area contributed by atoms with Crippen LogP contribution in [0.2, 0.25) is 0 Å². The highest BCUT2D eigenvalue weighted by molar-refractivity contribution is 6.00. The number of para-hydroxylation sites is 1. The molecule has 4 heteroatoms. The van der Waals surface area contributed by atoms with Gasteiger partial charge in [-0.25, -0.2) is 9.78 Å². The Morgan fingerprint density at radius 1 is 1.05 bits per heavy atom. The van der Waals surface area contributed by atoms with Crippen LogP contribution in [0.15, 0.2) is 48.5 Å². The fourth-order valence-electron chi connectivity index (χ4n) is 2.48. The molecule has 0 radical (unpaired) electrons. The van der Waals surface area contributed by atoms with Gasteiger partial charge in [-0.1, -0.05) is 36.4 Å². The van der Waals surface area contributed by atoms with Crippen LogP contribution in [0.5, 0.6) is 0 Å². The first-order valence-corrected chi connectivity index (χ1v) is 6.99. The molecule has 2 N–H and O–H groups in total. The Balaban J connectivity index is 1.73. The molecule has 4 nitrogen and oxygen atoms in total. The summed E-state index contributed by atoms with van der Waals surface area (Å²) in [6.07, 6.45) is 2.78. The summed E-state index contributed by atoms with van der Waals surface area (Å²) in [4.78, 5) is 18.8. The predicted molar refractivity (Wildman–Crippen MR) is 81.5 cm³/mol. The van der Waals surface area contributed by atoms with E-state index >= 15 is 0 Å². The number of carboxylic acid groups (broad SMARTS) is 1.